The molecule has 0 amide bonds. The minimum absolute atomic E-state index is 0.299. The first-order valence-electron chi connectivity index (χ1n) is 9.97. The standard InChI is InChI=1S/C20H32O4S/c1-13-4-7-17-16-6-5-14-12-15(24-25(21,22)23)8-10-20(14,3)18(16)9-11-19(13,17)2/h14-18H,1,4-12H2,2-3H3,(H,21,22,23). The van der Waals surface area contributed by atoms with Gasteiger partial charge in [-0.05, 0) is 92.3 Å². The van der Waals surface area contributed by atoms with E-state index in [1.54, 1.807) is 0 Å². The Bertz CT molecular complexity index is 671. The van der Waals surface area contributed by atoms with E-state index in [1.807, 2.05) is 0 Å². The first kappa shape index (κ1) is 18.0. The second-order valence-corrected chi connectivity index (χ2v) is 10.7. The molecule has 0 aromatic rings. The van der Waals surface area contributed by atoms with Gasteiger partial charge in [-0.3, -0.25) is 4.55 Å². The van der Waals surface area contributed by atoms with Crippen molar-refractivity contribution in [3.05, 3.63) is 12.2 Å². The largest absolute Gasteiger partial charge is 0.397 e. The molecule has 0 aromatic carbocycles. The van der Waals surface area contributed by atoms with Gasteiger partial charge in [0, 0.05) is 0 Å². The molecule has 142 valence electrons. The highest BCUT2D eigenvalue weighted by Gasteiger charge is 2.58. The molecule has 5 heteroatoms. The molecule has 0 saturated heterocycles. The minimum Gasteiger partial charge on any atom is -0.264 e. The van der Waals surface area contributed by atoms with Crippen LogP contribution in [0.5, 0.6) is 0 Å². The lowest BCUT2D eigenvalue weighted by Crippen LogP contribution is -2.53. The number of hydrogen-bond donors (Lipinski definition) is 1. The summed E-state index contributed by atoms with van der Waals surface area (Å²) in [5, 5.41) is 0. The fourth-order valence-electron chi connectivity index (χ4n) is 7.39. The van der Waals surface area contributed by atoms with Gasteiger partial charge in [0.25, 0.3) is 0 Å². The molecule has 7 unspecified atom stereocenters. The summed E-state index contributed by atoms with van der Waals surface area (Å²) in [6.45, 7) is 9.30. The molecular weight excluding hydrogens is 336 g/mol. The molecule has 0 radical (unpaired) electrons. The Labute approximate surface area is 152 Å². The lowest BCUT2D eigenvalue weighted by Gasteiger charge is -2.60. The number of hydrogen-bond acceptors (Lipinski definition) is 3. The van der Waals surface area contributed by atoms with Crippen molar-refractivity contribution in [3.8, 4) is 0 Å². The van der Waals surface area contributed by atoms with E-state index in [0.717, 1.165) is 37.0 Å². The van der Waals surface area contributed by atoms with Crippen molar-refractivity contribution in [2.24, 2.45) is 34.5 Å². The van der Waals surface area contributed by atoms with Gasteiger partial charge < -0.3 is 0 Å². The van der Waals surface area contributed by atoms with Crippen LogP contribution in [0, 0.1) is 34.5 Å². The molecule has 4 saturated carbocycles. The Morgan fingerprint density at radius 2 is 1.84 bits per heavy atom. The maximum atomic E-state index is 11.1. The zero-order valence-electron chi connectivity index (χ0n) is 15.5. The van der Waals surface area contributed by atoms with Crippen LogP contribution >= 0.6 is 0 Å². The van der Waals surface area contributed by atoms with Crippen LogP contribution in [0.2, 0.25) is 0 Å². The lowest BCUT2D eigenvalue weighted by atomic mass is 9.45. The van der Waals surface area contributed by atoms with E-state index in [-0.39, 0.29) is 6.10 Å². The first-order valence-corrected chi connectivity index (χ1v) is 11.3. The second kappa shape index (κ2) is 5.80. The van der Waals surface area contributed by atoms with E-state index in [2.05, 4.69) is 20.4 Å². The van der Waals surface area contributed by atoms with Crippen LogP contribution in [0.1, 0.15) is 71.6 Å². The highest BCUT2D eigenvalue weighted by Crippen LogP contribution is 2.67. The Kier molecular flexibility index (Phi) is 4.18. The molecule has 4 rings (SSSR count). The summed E-state index contributed by atoms with van der Waals surface area (Å²) in [6, 6.07) is 0. The van der Waals surface area contributed by atoms with Crippen LogP contribution in [-0.2, 0) is 14.6 Å². The minimum atomic E-state index is -4.34. The summed E-state index contributed by atoms with van der Waals surface area (Å²) >= 11 is 0. The Morgan fingerprint density at radius 3 is 2.56 bits per heavy atom. The molecule has 7 atom stereocenters. The zero-order chi connectivity index (χ0) is 18.0. The van der Waals surface area contributed by atoms with Gasteiger partial charge in [0.1, 0.15) is 0 Å². The Hall–Kier alpha value is -0.390. The third kappa shape index (κ3) is 2.81. The van der Waals surface area contributed by atoms with Crippen LogP contribution in [0.4, 0.5) is 0 Å². The average Bonchev–Trinajstić information content (AvgIpc) is 2.82. The molecule has 25 heavy (non-hydrogen) atoms. The molecular formula is C20H32O4S. The lowest BCUT2D eigenvalue weighted by molar-refractivity contribution is -0.113. The maximum absolute atomic E-state index is 11.1. The third-order valence-electron chi connectivity index (χ3n) is 8.83. The third-order valence-corrected chi connectivity index (χ3v) is 9.35. The van der Waals surface area contributed by atoms with Gasteiger partial charge in [-0.2, -0.15) is 8.42 Å². The SMILES string of the molecule is C=C1CCC2C3CCC4CC(OS(=O)(=O)O)CCC4(C)C3CCC12C. The van der Waals surface area contributed by atoms with Gasteiger partial charge in [0.15, 0.2) is 0 Å². The molecule has 1 N–H and O–H groups in total. The van der Waals surface area contributed by atoms with E-state index in [4.69, 9.17) is 8.74 Å². The summed E-state index contributed by atoms with van der Waals surface area (Å²) in [7, 11) is -4.34. The van der Waals surface area contributed by atoms with Crippen molar-refractivity contribution in [1.82, 2.24) is 0 Å². The van der Waals surface area contributed by atoms with E-state index < -0.39 is 10.4 Å². The smallest absolute Gasteiger partial charge is 0.264 e. The number of fused-ring (bicyclic) bond motifs is 5. The first-order chi connectivity index (χ1) is 11.6. The topological polar surface area (TPSA) is 63.6 Å². The van der Waals surface area contributed by atoms with Gasteiger partial charge in [-0.25, -0.2) is 4.18 Å². The van der Waals surface area contributed by atoms with E-state index >= 15 is 0 Å². The van der Waals surface area contributed by atoms with Gasteiger partial charge in [0.2, 0.25) is 0 Å². The highest BCUT2D eigenvalue weighted by molar-refractivity contribution is 7.80. The predicted molar refractivity (Wildman–Crippen MR) is 97.3 cm³/mol. The molecule has 4 fully saturated rings. The van der Waals surface area contributed by atoms with Crippen molar-refractivity contribution in [2.45, 2.75) is 77.7 Å². The predicted octanol–water partition coefficient (Wildman–Crippen LogP) is 4.77. The van der Waals surface area contributed by atoms with E-state index in [1.165, 1.54) is 44.1 Å². The molecule has 0 aromatic heterocycles. The molecule has 0 bridgehead atoms. The van der Waals surface area contributed by atoms with Gasteiger partial charge in [0.05, 0.1) is 6.10 Å². The van der Waals surface area contributed by atoms with Crippen molar-refractivity contribution >= 4 is 10.4 Å². The van der Waals surface area contributed by atoms with Gasteiger partial charge in [-0.15, -0.1) is 0 Å². The van der Waals surface area contributed by atoms with E-state index in [9.17, 15) is 8.42 Å². The summed E-state index contributed by atoms with van der Waals surface area (Å²) in [5.41, 5.74) is 2.14. The normalized spacial score (nSPS) is 50.0. The van der Waals surface area contributed by atoms with Crippen molar-refractivity contribution in [1.29, 1.82) is 0 Å². The molecule has 4 aliphatic carbocycles. The molecule has 4 nitrogen and oxygen atoms in total. The van der Waals surface area contributed by atoms with Gasteiger partial charge in [-0.1, -0.05) is 26.0 Å². The fraction of sp³-hybridized carbons (Fsp3) is 0.900. The molecule has 0 spiro atoms. The summed E-state index contributed by atoms with van der Waals surface area (Å²) in [5.74, 6) is 2.87. The van der Waals surface area contributed by atoms with Crippen molar-refractivity contribution in [2.75, 3.05) is 0 Å². The van der Waals surface area contributed by atoms with Crippen LogP contribution in [-0.4, -0.2) is 19.1 Å². The van der Waals surface area contributed by atoms with Crippen molar-refractivity contribution in [3.63, 3.8) is 0 Å². The van der Waals surface area contributed by atoms with Gasteiger partial charge >= 0.3 is 10.4 Å². The molecule has 0 heterocycles. The summed E-state index contributed by atoms with van der Waals surface area (Å²) in [6.07, 6.45) is 9.69. The van der Waals surface area contributed by atoms with Crippen molar-refractivity contribution < 1.29 is 17.2 Å². The van der Waals surface area contributed by atoms with Crippen LogP contribution < -0.4 is 0 Å². The zero-order valence-corrected chi connectivity index (χ0v) is 16.4. The quantitative estimate of drug-likeness (QED) is 0.563. The van der Waals surface area contributed by atoms with Crippen LogP contribution in [0.3, 0.4) is 0 Å². The highest BCUT2D eigenvalue weighted by atomic mass is 32.3. The van der Waals surface area contributed by atoms with Crippen LogP contribution in [0.15, 0.2) is 12.2 Å². The maximum Gasteiger partial charge on any atom is 0.397 e. The monoisotopic (exact) mass is 368 g/mol. The Balaban J connectivity index is 1.54. The fourth-order valence-corrected chi connectivity index (χ4v) is 7.90. The van der Waals surface area contributed by atoms with E-state index in [0.29, 0.717) is 16.7 Å². The summed E-state index contributed by atoms with van der Waals surface area (Å²) in [4.78, 5) is 0. The Morgan fingerprint density at radius 1 is 1.08 bits per heavy atom. The number of rotatable bonds is 2. The van der Waals surface area contributed by atoms with Crippen LogP contribution in [0.25, 0.3) is 0 Å². The second-order valence-electron chi connectivity index (χ2n) is 9.68. The number of allylic oxidation sites excluding steroid dienone is 1. The summed E-state index contributed by atoms with van der Waals surface area (Å²) < 4.78 is 36.1. The molecule has 4 aliphatic rings. The molecule has 0 aliphatic heterocycles. The average molecular weight is 369 g/mol.